The van der Waals surface area contributed by atoms with E-state index in [1.807, 2.05) is 0 Å². The Morgan fingerprint density at radius 2 is 2.10 bits per heavy atom. The second kappa shape index (κ2) is 6.17. The van der Waals surface area contributed by atoms with Crippen molar-refractivity contribution in [3.05, 3.63) is 36.4 Å². The first-order valence-corrected chi connectivity index (χ1v) is 6.31. The van der Waals surface area contributed by atoms with Crippen LogP contribution in [0.5, 0.6) is 11.6 Å². The lowest BCUT2D eigenvalue weighted by Crippen LogP contribution is -2.18. The molecule has 0 radical (unpaired) electrons. The molecule has 6 nitrogen and oxygen atoms in total. The quantitative estimate of drug-likeness (QED) is 0.845. The predicted molar refractivity (Wildman–Crippen MR) is 76.4 cm³/mol. The van der Waals surface area contributed by atoms with Crippen molar-refractivity contribution >= 4 is 17.4 Å². The highest BCUT2D eigenvalue weighted by Crippen LogP contribution is 2.23. The summed E-state index contributed by atoms with van der Waals surface area (Å²) in [5.41, 5.74) is 5.42. The van der Waals surface area contributed by atoms with Crippen LogP contribution < -0.4 is 15.8 Å². The van der Waals surface area contributed by atoms with E-state index < -0.39 is 5.82 Å². The van der Waals surface area contributed by atoms with Crippen molar-refractivity contribution in [2.75, 3.05) is 11.1 Å². The Bertz CT molecular complexity index is 661. The smallest absolute Gasteiger partial charge is 0.228 e. The number of nitrogen functional groups attached to an aromatic ring is 1. The van der Waals surface area contributed by atoms with E-state index in [1.165, 1.54) is 24.5 Å². The molecule has 0 saturated carbocycles. The third-order valence-electron chi connectivity index (χ3n) is 2.61. The molecule has 1 amide bonds. The SMILES string of the molecule is CC(C)C(=O)Nc1cc(Oc2ccc(N)c(F)c2)ncn1. The fourth-order valence-electron chi connectivity index (χ4n) is 1.43. The minimum Gasteiger partial charge on any atom is -0.439 e. The van der Waals surface area contributed by atoms with E-state index in [0.29, 0.717) is 5.82 Å². The summed E-state index contributed by atoms with van der Waals surface area (Å²) in [6.45, 7) is 3.54. The summed E-state index contributed by atoms with van der Waals surface area (Å²) in [5, 5.41) is 2.62. The highest BCUT2D eigenvalue weighted by Gasteiger charge is 2.09. The van der Waals surface area contributed by atoms with E-state index in [9.17, 15) is 9.18 Å². The maximum Gasteiger partial charge on any atom is 0.228 e. The molecule has 2 rings (SSSR count). The Labute approximate surface area is 121 Å². The van der Waals surface area contributed by atoms with Crippen molar-refractivity contribution in [1.29, 1.82) is 0 Å². The number of hydrogen-bond acceptors (Lipinski definition) is 5. The number of nitrogens with two attached hydrogens (primary N) is 1. The van der Waals surface area contributed by atoms with E-state index in [0.717, 1.165) is 6.07 Å². The molecule has 3 N–H and O–H groups in total. The fraction of sp³-hybridized carbons (Fsp3) is 0.214. The third kappa shape index (κ3) is 3.88. The molecule has 7 heteroatoms. The lowest BCUT2D eigenvalue weighted by atomic mass is 10.2. The number of amides is 1. The van der Waals surface area contributed by atoms with Crippen LogP contribution in [0, 0.1) is 11.7 Å². The van der Waals surface area contributed by atoms with Gasteiger partial charge >= 0.3 is 0 Å². The van der Waals surface area contributed by atoms with Gasteiger partial charge in [0.15, 0.2) is 0 Å². The average molecular weight is 290 g/mol. The maximum absolute atomic E-state index is 13.3. The van der Waals surface area contributed by atoms with Crippen LogP contribution in [0.4, 0.5) is 15.9 Å². The van der Waals surface area contributed by atoms with Crippen LogP contribution in [-0.2, 0) is 4.79 Å². The molecule has 0 saturated heterocycles. The maximum atomic E-state index is 13.3. The zero-order valence-corrected chi connectivity index (χ0v) is 11.6. The zero-order valence-electron chi connectivity index (χ0n) is 11.6. The molecule has 21 heavy (non-hydrogen) atoms. The molecular weight excluding hydrogens is 275 g/mol. The topological polar surface area (TPSA) is 90.1 Å². The molecule has 1 heterocycles. The lowest BCUT2D eigenvalue weighted by Gasteiger charge is -2.09. The molecule has 110 valence electrons. The van der Waals surface area contributed by atoms with Crippen LogP contribution in [0.25, 0.3) is 0 Å². The number of ether oxygens (including phenoxy) is 1. The van der Waals surface area contributed by atoms with Crippen LogP contribution >= 0.6 is 0 Å². The van der Waals surface area contributed by atoms with Crippen molar-refractivity contribution in [1.82, 2.24) is 9.97 Å². The molecule has 0 spiro atoms. The first-order chi connectivity index (χ1) is 9.95. The standard InChI is InChI=1S/C14H15FN4O2/c1-8(2)14(20)19-12-6-13(18-7-17-12)21-9-3-4-11(16)10(15)5-9/h3-8H,16H2,1-2H3,(H,17,18,19,20). The van der Waals surface area contributed by atoms with Gasteiger partial charge in [-0.15, -0.1) is 0 Å². The Morgan fingerprint density at radius 3 is 2.76 bits per heavy atom. The van der Waals surface area contributed by atoms with E-state index in [-0.39, 0.29) is 29.1 Å². The summed E-state index contributed by atoms with van der Waals surface area (Å²) in [5.74, 6) is -0.159. The van der Waals surface area contributed by atoms with Crippen LogP contribution in [-0.4, -0.2) is 15.9 Å². The molecule has 0 unspecified atom stereocenters. The van der Waals surface area contributed by atoms with Gasteiger partial charge in [0.2, 0.25) is 11.8 Å². The van der Waals surface area contributed by atoms with E-state index >= 15 is 0 Å². The molecule has 0 aliphatic rings. The molecule has 0 aliphatic carbocycles. The Hall–Kier alpha value is -2.70. The van der Waals surface area contributed by atoms with E-state index in [4.69, 9.17) is 10.5 Å². The Balaban J connectivity index is 2.13. The van der Waals surface area contributed by atoms with Crippen molar-refractivity contribution in [2.24, 2.45) is 5.92 Å². The van der Waals surface area contributed by atoms with E-state index in [1.54, 1.807) is 13.8 Å². The van der Waals surface area contributed by atoms with Crippen molar-refractivity contribution in [2.45, 2.75) is 13.8 Å². The molecule has 1 aromatic carbocycles. The average Bonchev–Trinajstić information content (AvgIpc) is 2.43. The number of nitrogens with zero attached hydrogens (tertiary/aromatic N) is 2. The fourth-order valence-corrected chi connectivity index (χ4v) is 1.43. The largest absolute Gasteiger partial charge is 0.439 e. The normalized spacial score (nSPS) is 10.5. The molecule has 0 aliphatic heterocycles. The number of rotatable bonds is 4. The number of carbonyl (C=O) groups excluding carboxylic acids is 1. The summed E-state index contributed by atoms with van der Waals surface area (Å²) in [4.78, 5) is 19.4. The van der Waals surface area contributed by atoms with Gasteiger partial charge in [-0.3, -0.25) is 4.79 Å². The van der Waals surface area contributed by atoms with Gasteiger partial charge in [0.1, 0.15) is 23.7 Å². The van der Waals surface area contributed by atoms with Gasteiger partial charge in [-0.05, 0) is 12.1 Å². The number of aromatic nitrogens is 2. The highest BCUT2D eigenvalue weighted by molar-refractivity contribution is 5.91. The number of halogens is 1. The number of carbonyl (C=O) groups is 1. The molecule has 1 aromatic heterocycles. The predicted octanol–water partition coefficient (Wildman–Crippen LogP) is 2.58. The van der Waals surface area contributed by atoms with Crippen LogP contribution in [0.2, 0.25) is 0 Å². The number of hydrogen-bond donors (Lipinski definition) is 2. The molecular formula is C14H15FN4O2. The van der Waals surface area contributed by atoms with Gasteiger partial charge < -0.3 is 15.8 Å². The van der Waals surface area contributed by atoms with Gasteiger partial charge in [0.05, 0.1) is 5.69 Å². The van der Waals surface area contributed by atoms with Crippen molar-refractivity contribution < 1.29 is 13.9 Å². The van der Waals surface area contributed by atoms with Gasteiger partial charge in [0, 0.05) is 18.1 Å². The molecule has 0 atom stereocenters. The second-order valence-corrected chi connectivity index (χ2v) is 4.67. The minimum absolute atomic E-state index is 0.0370. The van der Waals surface area contributed by atoms with Crippen molar-refractivity contribution in [3.8, 4) is 11.6 Å². The van der Waals surface area contributed by atoms with Gasteiger partial charge in [-0.2, -0.15) is 0 Å². The molecule has 0 fully saturated rings. The summed E-state index contributed by atoms with van der Waals surface area (Å²) < 4.78 is 18.7. The number of anilines is 2. The van der Waals surface area contributed by atoms with Crippen LogP contribution in [0.15, 0.2) is 30.6 Å². The summed E-state index contributed by atoms with van der Waals surface area (Å²) >= 11 is 0. The Kier molecular flexibility index (Phi) is 4.32. The number of benzene rings is 1. The monoisotopic (exact) mass is 290 g/mol. The molecule has 2 aromatic rings. The van der Waals surface area contributed by atoms with Gasteiger partial charge in [-0.25, -0.2) is 14.4 Å². The second-order valence-electron chi connectivity index (χ2n) is 4.67. The summed E-state index contributed by atoms with van der Waals surface area (Å²) in [6, 6.07) is 5.53. The minimum atomic E-state index is -0.574. The van der Waals surface area contributed by atoms with E-state index in [2.05, 4.69) is 15.3 Å². The molecule has 0 bridgehead atoms. The third-order valence-corrected chi connectivity index (χ3v) is 2.61. The van der Waals surface area contributed by atoms with Gasteiger partial charge in [-0.1, -0.05) is 13.8 Å². The highest BCUT2D eigenvalue weighted by atomic mass is 19.1. The van der Waals surface area contributed by atoms with Crippen molar-refractivity contribution in [3.63, 3.8) is 0 Å². The zero-order chi connectivity index (χ0) is 15.4. The van der Waals surface area contributed by atoms with Crippen LogP contribution in [0.3, 0.4) is 0 Å². The van der Waals surface area contributed by atoms with Gasteiger partial charge in [0.25, 0.3) is 0 Å². The first-order valence-electron chi connectivity index (χ1n) is 6.31. The first kappa shape index (κ1) is 14.7. The Morgan fingerprint density at radius 1 is 1.33 bits per heavy atom. The number of nitrogens with one attached hydrogen (secondary N) is 1. The van der Waals surface area contributed by atoms with Crippen LogP contribution in [0.1, 0.15) is 13.8 Å². The summed E-state index contributed by atoms with van der Waals surface area (Å²) in [7, 11) is 0. The summed E-state index contributed by atoms with van der Waals surface area (Å²) in [6.07, 6.45) is 1.25. The lowest BCUT2D eigenvalue weighted by molar-refractivity contribution is -0.118.